The third-order valence-corrected chi connectivity index (χ3v) is 5.77. The summed E-state index contributed by atoms with van der Waals surface area (Å²) in [6.45, 7) is 10.4. The van der Waals surface area contributed by atoms with Crippen molar-refractivity contribution in [2.45, 2.75) is 97.7 Å². The van der Waals surface area contributed by atoms with Gasteiger partial charge in [-0.1, -0.05) is 18.9 Å². The standard InChI is InChI=1S/C24H37NO11/c1-14-15(2)22(31-12-8-7-9-20(29)35-24(4,5)6)34-17(21(14)33-16(3)26)13-32-23(30)36-25-18(27)10-11-19(25)28/h14-15,17,21-22H,7-13H2,1-6H3. The normalized spacial score (nSPS) is 26.5. The van der Waals surface area contributed by atoms with E-state index >= 15 is 0 Å². The molecular formula is C24H37NO11. The average Bonchev–Trinajstić information content (AvgIpc) is 3.07. The predicted octanol–water partition coefficient (Wildman–Crippen LogP) is 2.66. The van der Waals surface area contributed by atoms with E-state index in [-0.39, 0.29) is 43.7 Å². The molecule has 12 heteroatoms. The Hall–Kier alpha value is -2.73. The molecular weight excluding hydrogens is 478 g/mol. The molecule has 0 bridgehead atoms. The maximum absolute atomic E-state index is 12.1. The van der Waals surface area contributed by atoms with Crippen LogP contribution in [0.1, 0.15) is 73.6 Å². The summed E-state index contributed by atoms with van der Waals surface area (Å²) < 4.78 is 27.6. The number of carbonyl (C=O) groups is 5. The first-order valence-electron chi connectivity index (χ1n) is 12.1. The Morgan fingerprint density at radius 3 is 2.25 bits per heavy atom. The van der Waals surface area contributed by atoms with Crippen molar-refractivity contribution in [1.29, 1.82) is 0 Å². The summed E-state index contributed by atoms with van der Waals surface area (Å²) in [6, 6.07) is 0. The second-order valence-corrected chi connectivity index (χ2v) is 9.98. The zero-order chi connectivity index (χ0) is 27.0. The molecule has 12 nitrogen and oxygen atoms in total. The van der Waals surface area contributed by atoms with Crippen LogP contribution >= 0.6 is 0 Å². The molecule has 204 valence electrons. The molecule has 0 aromatic heterocycles. The van der Waals surface area contributed by atoms with Crippen molar-refractivity contribution in [3.63, 3.8) is 0 Å². The molecule has 0 N–H and O–H groups in total. The number of imide groups is 1. The minimum atomic E-state index is -1.25. The van der Waals surface area contributed by atoms with Crippen LogP contribution in [0.5, 0.6) is 0 Å². The van der Waals surface area contributed by atoms with Crippen molar-refractivity contribution in [3.8, 4) is 0 Å². The number of carbonyl (C=O) groups excluding carboxylic acids is 5. The number of esters is 2. The molecule has 0 aliphatic carbocycles. The van der Waals surface area contributed by atoms with Gasteiger partial charge in [0.05, 0.1) is 0 Å². The van der Waals surface area contributed by atoms with Crippen molar-refractivity contribution < 1.29 is 52.5 Å². The summed E-state index contributed by atoms with van der Waals surface area (Å²) in [5.74, 6) is -2.43. The summed E-state index contributed by atoms with van der Waals surface area (Å²) in [5, 5.41) is 0.376. The van der Waals surface area contributed by atoms with Gasteiger partial charge in [0.15, 0.2) is 6.29 Å². The molecule has 2 saturated heterocycles. The van der Waals surface area contributed by atoms with Gasteiger partial charge in [-0.25, -0.2) is 4.79 Å². The van der Waals surface area contributed by atoms with Crippen LogP contribution in [0, 0.1) is 11.8 Å². The van der Waals surface area contributed by atoms with Gasteiger partial charge in [0.1, 0.15) is 24.4 Å². The molecule has 2 aliphatic heterocycles. The van der Waals surface area contributed by atoms with Gasteiger partial charge >= 0.3 is 18.1 Å². The molecule has 0 saturated carbocycles. The number of hydrogen-bond donors (Lipinski definition) is 0. The fourth-order valence-corrected chi connectivity index (χ4v) is 3.83. The van der Waals surface area contributed by atoms with Gasteiger partial charge in [0.25, 0.3) is 11.8 Å². The van der Waals surface area contributed by atoms with Crippen molar-refractivity contribution in [2.24, 2.45) is 11.8 Å². The van der Waals surface area contributed by atoms with Gasteiger partial charge in [-0.15, -0.1) is 0 Å². The summed E-state index contributed by atoms with van der Waals surface area (Å²) in [5.41, 5.74) is -0.531. The molecule has 2 aliphatic rings. The minimum absolute atomic E-state index is 0.0431. The van der Waals surface area contributed by atoms with E-state index in [1.54, 1.807) is 0 Å². The van der Waals surface area contributed by atoms with Crippen molar-refractivity contribution in [3.05, 3.63) is 0 Å². The first-order chi connectivity index (χ1) is 16.8. The van der Waals surface area contributed by atoms with Gasteiger partial charge in [0, 0.05) is 44.6 Å². The minimum Gasteiger partial charge on any atom is -0.460 e. The Morgan fingerprint density at radius 1 is 1.03 bits per heavy atom. The lowest BCUT2D eigenvalue weighted by molar-refractivity contribution is -0.273. The molecule has 2 fully saturated rings. The van der Waals surface area contributed by atoms with Crippen LogP contribution in [0.3, 0.4) is 0 Å². The second-order valence-electron chi connectivity index (χ2n) is 9.98. The zero-order valence-corrected chi connectivity index (χ0v) is 21.8. The predicted molar refractivity (Wildman–Crippen MR) is 122 cm³/mol. The number of hydroxylamine groups is 2. The lowest BCUT2D eigenvalue weighted by atomic mass is 9.84. The van der Waals surface area contributed by atoms with Gasteiger partial charge in [-0.05, 0) is 33.6 Å². The largest absolute Gasteiger partial charge is 0.534 e. The van der Waals surface area contributed by atoms with E-state index in [0.717, 1.165) is 0 Å². The van der Waals surface area contributed by atoms with Crippen molar-refractivity contribution in [1.82, 2.24) is 5.06 Å². The topological polar surface area (TPSA) is 144 Å². The smallest absolute Gasteiger partial charge is 0.460 e. The molecule has 0 radical (unpaired) electrons. The molecule has 0 aromatic rings. The van der Waals surface area contributed by atoms with E-state index in [0.29, 0.717) is 24.5 Å². The summed E-state index contributed by atoms with van der Waals surface area (Å²) in [7, 11) is 0. The van der Waals surface area contributed by atoms with Crippen LogP contribution < -0.4 is 0 Å². The van der Waals surface area contributed by atoms with E-state index in [1.807, 2.05) is 34.6 Å². The Bertz CT molecular complexity index is 805. The van der Waals surface area contributed by atoms with E-state index in [4.69, 9.17) is 28.5 Å². The Balaban J connectivity index is 1.88. The van der Waals surface area contributed by atoms with Crippen LogP contribution in [-0.2, 0) is 47.7 Å². The van der Waals surface area contributed by atoms with Gasteiger partial charge in [0.2, 0.25) is 0 Å². The molecule has 36 heavy (non-hydrogen) atoms. The Kier molecular flexibility index (Phi) is 10.7. The summed E-state index contributed by atoms with van der Waals surface area (Å²) in [4.78, 5) is 63.5. The van der Waals surface area contributed by atoms with Gasteiger partial charge < -0.3 is 23.7 Å². The fourth-order valence-electron chi connectivity index (χ4n) is 3.83. The molecule has 5 atom stereocenters. The molecule has 0 spiro atoms. The van der Waals surface area contributed by atoms with Crippen LogP contribution in [0.4, 0.5) is 4.79 Å². The fraction of sp³-hybridized carbons (Fsp3) is 0.792. The monoisotopic (exact) mass is 515 g/mol. The first-order valence-corrected chi connectivity index (χ1v) is 12.1. The molecule has 2 amide bonds. The average molecular weight is 516 g/mol. The number of hydrogen-bond acceptors (Lipinski definition) is 11. The summed E-state index contributed by atoms with van der Waals surface area (Å²) in [6.07, 6.45) is -2.18. The second kappa shape index (κ2) is 13.0. The van der Waals surface area contributed by atoms with Crippen LogP contribution in [-0.4, -0.2) is 72.3 Å². The quantitative estimate of drug-likeness (QED) is 0.183. The number of nitrogens with zero attached hydrogens (tertiary/aromatic N) is 1. The highest BCUT2D eigenvalue weighted by molar-refractivity contribution is 6.01. The SMILES string of the molecule is CC(=O)OC1C(COC(=O)ON2C(=O)CCC2=O)OC(OCCCCC(=O)OC(C)(C)C)C(C)C1C. The third-order valence-electron chi connectivity index (χ3n) is 5.77. The lowest BCUT2D eigenvalue weighted by Crippen LogP contribution is -2.53. The number of ether oxygens (including phenoxy) is 5. The third kappa shape index (κ3) is 9.05. The highest BCUT2D eigenvalue weighted by Crippen LogP contribution is 2.34. The molecule has 0 aromatic carbocycles. The Labute approximate surface area is 210 Å². The van der Waals surface area contributed by atoms with Crippen molar-refractivity contribution in [2.75, 3.05) is 13.2 Å². The summed E-state index contributed by atoms with van der Waals surface area (Å²) >= 11 is 0. The molecule has 5 unspecified atom stereocenters. The van der Waals surface area contributed by atoms with E-state index in [2.05, 4.69) is 0 Å². The van der Waals surface area contributed by atoms with E-state index in [9.17, 15) is 24.0 Å². The van der Waals surface area contributed by atoms with Crippen LogP contribution in [0.25, 0.3) is 0 Å². The van der Waals surface area contributed by atoms with Crippen molar-refractivity contribution >= 4 is 29.9 Å². The highest BCUT2D eigenvalue weighted by Gasteiger charge is 2.45. The van der Waals surface area contributed by atoms with Crippen LogP contribution in [0.15, 0.2) is 0 Å². The van der Waals surface area contributed by atoms with Gasteiger partial charge in [-0.3, -0.25) is 24.0 Å². The number of rotatable bonds is 10. The van der Waals surface area contributed by atoms with E-state index < -0.39 is 48.0 Å². The van der Waals surface area contributed by atoms with Gasteiger partial charge in [-0.2, -0.15) is 0 Å². The number of amides is 2. The number of unbranched alkanes of at least 4 members (excludes halogenated alkanes) is 1. The lowest BCUT2D eigenvalue weighted by Gasteiger charge is -2.43. The van der Waals surface area contributed by atoms with E-state index in [1.165, 1.54) is 6.92 Å². The molecule has 2 heterocycles. The highest BCUT2D eigenvalue weighted by atomic mass is 16.8. The maximum Gasteiger partial charge on any atom is 0.534 e. The first kappa shape index (κ1) is 29.5. The van der Waals surface area contributed by atoms with Crippen LogP contribution in [0.2, 0.25) is 0 Å². The Morgan fingerprint density at radius 2 is 1.67 bits per heavy atom. The molecule has 2 rings (SSSR count). The maximum atomic E-state index is 12.1. The zero-order valence-electron chi connectivity index (χ0n) is 21.8.